The third-order valence-corrected chi connectivity index (χ3v) is 3.62. The Labute approximate surface area is 107 Å². The van der Waals surface area contributed by atoms with Gasteiger partial charge >= 0.3 is 0 Å². The second kappa shape index (κ2) is 5.74. The smallest absolute Gasteiger partial charge is 0.101 e. The number of nitrogens with one attached hydrogen (secondary N) is 1. The average Bonchev–Trinajstić information content (AvgIpc) is 2.39. The van der Waals surface area contributed by atoms with Crippen LogP contribution in [0.1, 0.15) is 31.2 Å². The highest BCUT2D eigenvalue weighted by atomic mass is 16.3. The zero-order valence-electron chi connectivity index (χ0n) is 10.4. The van der Waals surface area contributed by atoms with Gasteiger partial charge in [0.1, 0.15) is 6.07 Å². The molecule has 0 saturated heterocycles. The first-order valence-electron chi connectivity index (χ1n) is 6.41. The van der Waals surface area contributed by atoms with Crippen molar-refractivity contribution in [2.24, 2.45) is 5.92 Å². The van der Waals surface area contributed by atoms with Gasteiger partial charge in [-0.15, -0.1) is 0 Å². The Bertz CT molecular complexity index is 445. The third kappa shape index (κ3) is 2.93. The van der Waals surface area contributed by atoms with E-state index in [2.05, 4.69) is 11.4 Å². The van der Waals surface area contributed by atoms with Crippen molar-refractivity contribution in [3.8, 4) is 6.07 Å². The first-order chi connectivity index (χ1) is 8.70. The number of nitrogens with two attached hydrogens (primary N) is 1. The summed E-state index contributed by atoms with van der Waals surface area (Å²) in [7, 11) is 0. The minimum atomic E-state index is -0.117. The topological polar surface area (TPSA) is 82.1 Å². The highest BCUT2D eigenvalue weighted by molar-refractivity contribution is 5.72. The number of anilines is 2. The molecule has 0 bridgehead atoms. The Morgan fingerprint density at radius 2 is 2.06 bits per heavy atom. The summed E-state index contributed by atoms with van der Waals surface area (Å²) in [6.45, 7) is 0.853. The fraction of sp³-hybridized carbons (Fsp3) is 0.500. The molecule has 1 aromatic rings. The minimum Gasteiger partial charge on any atom is -0.396 e. The molecule has 0 spiro atoms. The number of nitriles is 1. The largest absolute Gasteiger partial charge is 0.396 e. The van der Waals surface area contributed by atoms with Crippen molar-refractivity contribution >= 4 is 11.4 Å². The van der Waals surface area contributed by atoms with Gasteiger partial charge in [0, 0.05) is 6.54 Å². The molecule has 0 unspecified atom stereocenters. The molecule has 0 amide bonds. The van der Waals surface area contributed by atoms with Gasteiger partial charge < -0.3 is 16.2 Å². The minimum absolute atomic E-state index is 0.117. The summed E-state index contributed by atoms with van der Waals surface area (Å²) >= 11 is 0. The molecule has 4 N–H and O–H groups in total. The summed E-state index contributed by atoms with van der Waals surface area (Å²) in [5, 5.41) is 21.7. The normalized spacial score (nSPS) is 23.3. The van der Waals surface area contributed by atoms with Gasteiger partial charge in [-0.1, -0.05) is 6.07 Å². The van der Waals surface area contributed by atoms with Crippen molar-refractivity contribution in [3.05, 3.63) is 23.8 Å². The molecule has 0 aromatic heterocycles. The van der Waals surface area contributed by atoms with Crippen molar-refractivity contribution < 1.29 is 5.11 Å². The maximum atomic E-state index is 9.45. The van der Waals surface area contributed by atoms with Crippen molar-refractivity contribution in [3.63, 3.8) is 0 Å². The van der Waals surface area contributed by atoms with Crippen LogP contribution in [0.4, 0.5) is 11.4 Å². The fourth-order valence-electron chi connectivity index (χ4n) is 2.42. The van der Waals surface area contributed by atoms with E-state index >= 15 is 0 Å². The van der Waals surface area contributed by atoms with Crippen LogP contribution in [-0.2, 0) is 0 Å². The molecule has 2 rings (SSSR count). The highest BCUT2D eigenvalue weighted by Crippen LogP contribution is 2.26. The molecule has 0 atom stereocenters. The van der Waals surface area contributed by atoms with E-state index in [4.69, 9.17) is 11.0 Å². The Hall–Kier alpha value is -1.73. The molecule has 0 radical (unpaired) electrons. The Balaban J connectivity index is 1.93. The maximum absolute atomic E-state index is 9.45. The Morgan fingerprint density at radius 3 is 2.72 bits per heavy atom. The summed E-state index contributed by atoms with van der Waals surface area (Å²) in [6, 6.07) is 7.53. The highest BCUT2D eigenvalue weighted by Gasteiger charge is 2.19. The first-order valence-corrected chi connectivity index (χ1v) is 6.41. The van der Waals surface area contributed by atoms with Crippen LogP contribution in [-0.4, -0.2) is 17.8 Å². The number of nitrogen functional groups attached to an aromatic ring is 1. The lowest BCUT2D eigenvalue weighted by molar-refractivity contribution is 0.111. The van der Waals surface area contributed by atoms with E-state index in [1.54, 1.807) is 6.07 Å². The molecule has 4 nitrogen and oxygen atoms in total. The fourth-order valence-corrected chi connectivity index (χ4v) is 2.42. The van der Waals surface area contributed by atoms with Crippen molar-refractivity contribution in [2.75, 3.05) is 17.6 Å². The number of hydrogen-bond donors (Lipinski definition) is 3. The SMILES string of the molecule is N#Cc1cccc(NCC2CCC(O)CC2)c1N. The average molecular weight is 245 g/mol. The van der Waals surface area contributed by atoms with E-state index in [-0.39, 0.29) is 6.10 Å². The maximum Gasteiger partial charge on any atom is 0.101 e. The lowest BCUT2D eigenvalue weighted by atomic mass is 9.87. The lowest BCUT2D eigenvalue weighted by Crippen LogP contribution is -2.23. The van der Waals surface area contributed by atoms with Crippen LogP contribution in [0.3, 0.4) is 0 Å². The first kappa shape index (κ1) is 12.7. The van der Waals surface area contributed by atoms with Crippen LogP contribution in [0.15, 0.2) is 18.2 Å². The van der Waals surface area contributed by atoms with E-state index in [0.717, 1.165) is 37.9 Å². The molecule has 1 aliphatic rings. The Kier molecular flexibility index (Phi) is 4.06. The monoisotopic (exact) mass is 245 g/mol. The van der Waals surface area contributed by atoms with Crippen LogP contribution in [0, 0.1) is 17.2 Å². The van der Waals surface area contributed by atoms with Gasteiger partial charge in [0.2, 0.25) is 0 Å². The van der Waals surface area contributed by atoms with Gasteiger partial charge in [0.05, 0.1) is 23.0 Å². The number of rotatable bonds is 3. The second-order valence-corrected chi connectivity index (χ2v) is 4.93. The van der Waals surface area contributed by atoms with Crippen molar-refractivity contribution in [2.45, 2.75) is 31.8 Å². The third-order valence-electron chi connectivity index (χ3n) is 3.62. The van der Waals surface area contributed by atoms with Crippen LogP contribution < -0.4 is 11.1 Å². The molecule has 18 heavy (non-hydrogen) atoms. The standard InChI is InChI=1S/C14H19N3O/c15-8-11-2-1-3-13(14(11)16)17-9-10-4-6-12(18)7-5-10/h1-3,10,12,17-18H,4-7,9,16H2. The van der Waals surface area contributed by atoms with E-state index in [1.807, 2.05) is 12.1 Å². The number of benzene rings is 1. The summed E-state index contributed by atoms with van der Waals surface area (Å²) in [4.78, 5) is 0. The number of nitrogens with zero attached hydrogens (tertiary/aromatic N) is 1. The number of aliphatic hydroxyl groups is 1. The molecule has 1 saturated carbocycles. The summed E-state index contributed by atoms with van der Waals surface area (Å²) in [5.74, 6) is 0.582. The zero-order valence-corrected chi connectivity index (χ0v) is 10.4. The molecule has 4 heteroatoms. The molecule has 1 fully saturated rings. The molecule has 0 aliphatic heterocycles. The zero-order chi connectivity index (χ0) is 13.0. The second-order valence-electron chi connectivity index (χ2n) is 4.93. The summed E-state index contributed by atoms with van der Waals surface area (Å²) < 4.78 is 0. The predicted molar refractivity (Wildman–Crippen MR) is 72.0 cm³/mol. The van der Waals surface area contributed by atoms with Crippen LogP contribution in [0.2, 0.25) is 0 Å². The van der Waals surface area contributed by atoms with E-state index in [9.17, 15) is 5.11 Å². The molecule has 1 aromatic carbocycles. The number of aliphatic hydroxyl groups excluding tert-OH is 1. The molecular weight excluding hydrogens is 226 g/mol. The molecular formula is C14H19N3O. The number of para-hydroxylation sites is 1. The number of hydrogen-bond acceptors (Lipinski definition) is 4. The molecule has 1 aliphatic carbocycles. The van der Waals surface area contributed by atoms with Gasteiger partial charge in [-0.3, -0.25) is 0 Å². The van der Waals surface area contributed by atoms with E-state index < -0.39 is 0 Å². The van der Waals surface area contributed by atoms with Gasteiger partial charge in [0.15, 0.2) is 0 Å². The van der Waals surface area contributed by atoms with Crippen LogP contribution in [0.25, 0.3) is 0 Å². The van der Waals surface area contributed by atoms with Crippen LogP contribution >= 0.6 is 0 Å². The molecule has 0 heterocycles. The van der Waals surface area contributed by atoms with Gasteiger partial charge in [-0.05, 0) is 43.7 Å². The van der Waals surface area contributed by atoms with Crippen molar-refractivity contribution in [1.29, 1.82) is 5.26 Å². The lowest BCUT2D eigenvalue weighted by Gasteiger charge is -2.26. The van der Waals surface area contributed by atoms with Gasteiger partial charge in [-0.25, -0.2) is 0 Å². The van der Waals surface area contributed by atoms with Gasteiger partial charge in [0.25, 0.3) is 0 Å². The Morgan fingerprint density at radius 1 is 1.33 bits per heavy atom. The van der Waals surface area contributed by atoms with E-state index in [1.165, 1.54) is 0 Å². The van der Waals surface area contributed by atoms with Crippen molar-refractivity contribution in [1.82, 2.24) is 0 Å². The van der Waals surface area contributed by atoms with Gasteiger partial charge in [-0.2, -0.15) is 5.26 Å². The quantitative estimate of drug-likeness (QED) is 0.712. The summed E-state index contributed by atoms with van der Waals surface area (Å²) in [5.41, 5.74) is 7.78. The molecule has 96 valence electrons. The van der Waals surface area contributed by atoms with Crippen LogP contribution in [0.5, 0.6) is 0 Å². The predicted octanol–water partition coefficient (Wildman–Crippen LogP) is 2.10. The summed E-state index contributed by atoms with van der Waals surface area (Å²) in [6.07, 6.45) is 3.76. The van der Waals surface area contributed by atoms with E-state index in [0.29, 0.717) is 17.2 Å².